The summed E-state index contributed by atoms with van der Waals surface area (Å²) in [5, 5.41) is 0. The van der Waals surface area contributed by atoms with Crippen molar-refractivity contribution in [3.63, 3.8) is 0 Å². The van der Waals surface area contributed by atoms with Crippen LogP contribution in [-0.4, -0.2) is 42.8 Å². The van der Waals surface area contributed by atoms with E-state index in [9.17, 15) is 17.6 Å². The highest BCUT2D eigenvalue weighted by molar-refractivity contribution is 7.89. The molecule has 9 heteroatoms. The molecule has 26 heavy (non-hydrogen) atoms. The van der Waals surface area contributed by atoms with Gasteiger partial charge in [0.15, 0.2) is 0 Å². The first-order chi connectivity index (χ1) is 12.4. The van der Waals surface area contributed by atoms with E-state index in [0.29, 0.717) is 18.7 Å². The molecule has 0 atom stereocenters. The van der Waals surface area contributed by atoms with E-state index in [4.69, 9.17) is 10.5 Å². The third-order valence-corrected chi connectivity index (χ3v) is 6.04. The summed E-state index contributed by atoms with van der Waals surface area (Å²) in [5.74, 6) is -0.809. The number of amides is 1. The highest BCUT2D eigenvalue weighted by Gasteiger charge is 2.30. The fourth-order valence-corrected chi connectivity index (χ4v) is 4.24. The molecule has 2 aromatic rings. The first kappa shape index (κ1) is 18.3. The number of nitrogens with zero attached hydrogens (tertiary/aromatic N) is 2. The van der Waals surface area contributed by atoms with Crippen molar-refractivity contribution < 1.29 is 22.3 Å². The quantitative estimate of drug-likeness (QED) is 0.849. The summed E-state index contributed by atoms with van der Waals surface area (Å²) in [7, 11) is -3.73. The Kier molecular flexibility index (Phi) is 5.19. The van der Waals surface area contributed by atoms with Gasteiger partial charge in [0, 0.05) is 25.4 Å². The Bertz CT molecular complexity index is 894. The van der Waals surface area contributed by atoms with Crippen molar-refractivity contribution in [1.29, 1.82) is 0 Å². The Hall–Kier alpha value is -2.52. The molecule has 7 nitrogen and oxygen atoms in total. The van der Waals surface area contributed by atoms with Crippen LogP contribution in [0.2, 0.25) is 0 Å². The molecule has 1 aromatic heterocycles. The number of hydrogen-bond acceptors (Lipinski definition) is 5. The van der Waals surface area contributed by atoms with Gasteiger partial charge in [-0.1, -0.05) is 6.07 Å². The maximum Gasteiger partial charge on any atom is 0.250 e. The van der Waals surface area contributed by atoms with Gasteiger partial charge in [0.1, 0.15) is 11.9 Å². The lowest BCUT2D eigenvalue weighted by molar-refractivity contribution is 0.0999. The second kappa shape index (κ2) is 7.38. The third-order valence-electron chi connectivity index (χ3n) is 4.14. The van der Waals surface area contributed by atoms with Gasteiger partial charge in [-0.05, 0) is 37.1 Å². The first-order valence-corrected chi connectivity index (χ1v) is 9.48. The summed E-state index contributed by atoms with van der Waals surface area (Å²) in [5.41, 5.74) is 5.44. The smallest absolute Gasteiger partial charge is 0.250 e. The van der Waals surface area contributed by atoms with Crippen molar-refractivity contribution in [2.75, 3.05) is 13.1 Å². The number of hydrogen-bond donors (Lipinski definition) is 1. The standard InChI is InChI=1S/C17H18FN3O4S/c18-13-2-1-3-15(10-13)26(23,24)21-8-6-14(7-9-21)25-16-5-4-12(11-20-16)17(19)22/h1-5,10-11,14H,6-9H2,(H2,19,22). The molecule has 0 aliphatic carbocycles. The zero-order valence-electron chi connectivity index (χ0n) is 13.8. The minimum Gasteiger partial charge on any atom is -0.474 e. The Balaban J connectivity index is 1.61. The minimum atomic E-state index is -3.73. The molecule has 0 spiro atoms. The largest absolute Gasteiger partial charge is 0.474 e. The molecule has 1 aliphatic rings. The number of piperidine rings is 1. The van der Waals surface area contributed by atoms with Crippen molar-refractivity contribution in [3.05, 3.63) is 54.0 Å². The van der Waals surface area contributed by atoms with Crippen LogP contribution in [0.3, 0.4) is 0 Å². The molecule has 1 aromatic carbocycles. The molecule has 0 bridgehead atoms. The molecule has 138 valence electrons. The number of halogens is 1. The van der Waals surface area contributed by atoms with Crippen LogP contribution in [0.4, 0.5) is 4.39 Å². The number of rotatable bonds is 5. The third kappa shape index (κ3) is 4.00. The van der Waals surface area contributed by atoms with E-state index >= 15 is 0 Å². The normalized spacial score (nSPS) is 16.3. The molecular weight excluding hydrogens is 361 g/mol. The topological polar surface area (TPSA) is 103 Å². The van der Waals surface area contributed by atoms with Gasteiger partial charge in [-0.3, -0.25) is 4.79 Å². The highest BCUT2D eigenvalue weighted by atomic mass is 32.2. The van der Waals surface area contributed by atoms with Crippen LogP contribution in [0, 0.1) is 5.82 Å². The van der Waals surface area contributed by atoms with Crippen LogP contribution < -0.4 is 10.5 Å². The van der Waals surface area contributed by atoms with Crippen molar-refractivity contribution in [1.82, 2.24) is 9.29 Å². The first-order valence-electron chi connectivity index (χ1n) is 8.04. The van der Waals surface area contributed by atoms with Gasteiger partial charge in [-0.25, -0.2) is 17.8 Å². The molecule has 2 heterocycles. The molecule has 1 aliphatic heterocycles. The van der Waals surface area contributed by atoms with Crippen molar-refractivity contribution >= 4 is 15.9 Å². The average molecular weight is 379 g/mol. The summed E-state index contributed by atoms with van der Waals surface area (Å²) in [4.78, 5) is 15.0. The predicted molar refractivity (Wildman–Crippen MR) is 91.6 cm³/mol. The molecule has 1 amide bonds. The van der Waals surface area contributed by atoms with Crippen LogP contribution in [-0.2, 0) is 10.0 Å². The lowest BCUT2D eigenvalue weighted by Crippen LogP contribution is -2.41. The van der Waals surface area contributed by atoms with Crippen LogP contribution in [0.15, 0.2) is 47.5 Å². The number of carbonyl (C=O) groups is 1. The van der Waals surface area contributed by atoms with Gasteiger partial charge < -0.3 is 10.5 Å². The summed E-state index contributed by atoms with van der Waals surface area (Å²) in [6.45, 7) is 0.533. The number of pyridine rings is 1. The summed E-state index contributed by atoms with van der Waals surface area (Å²) >= 11 is 0. The van der Waals surface area contributed by atoms with Gasteiger partial charge in [-0.2, -0.15) is 4.31 Å². The molecule has 1 saturated heterocycles. The lowest BCUT2D eigenvalue weighted by Gasteiger charge is -2.31. The number of sulfonamides is 1. The van der Waals surface area contributed by atoms with Gasteiger partial charge in [0.25, 0.3) is 0 Å². The number of benzene rings is 1. The van der Waals surface area contributed by atoms with Gasteiger partial charge in [-0.15, -0.1) is 0 Å². The van der Waals surface area contributed by atoms with Crippen LogP contribution in [0.1, 0.15) is 23.2 Å². The SMILES string of the molecule is NC(=O)c1ccc(OC2CCN(S(=O)(=O)c3cccc(F)c3)CC2)nc1. The van der Waals surface area contributed by atoms with Gasteiger partial charge in [0.2, 0.25) is 21.8 Å². The fourth-order valence-electron chi connectivity index (χ4n) is 2.73. The molecular formula is C17H18FN3O4S. The molecule has 0 unspecified atom stereocenters. The summed E-state index contributed by atoms with van der Waals surface area (Å²) in [6, 6.07) is 8.05. The molecule has 3 rings (SSSR count). The van der Waals surface area contributed by atoms with Crippen LogP contribution >= 0.6 is 0 Å². The number of nitrogens with two attached hydrogens (primary N) is 1. The molecule has 0 saturated carbocycles. The monoisotopic (exact) mass is 379 g/mol. The number of ether oxygens (including phenoxy) is 1. The molecule has 1 fully saturated rings. The predicted octanol–water partition coefficient (Wildman–Crippen LogP) is 1.55. The lowest BCUT2D eigenvalue weighted by atomic mass is 10.1. The number of aromatic nitrogens is 1. The Morgan fingerprint density at radius 2 is 1.96 bits per heavy atom. The highest BCUT2D eigenvalue weighted by Crippen LogP contribution is 2.23. The van der Waals surface area contributed by atoms with Crippen LogP contribution in [0.5, 0.6) is 5.88 Å². The Morgan fingerprint density at radius 1 is 1.23 bits per heavy atom. The maximum atomic E-state index is 13.3. The second-order valence-corrected chi connectivity index (χ2v) is 7.87. The van der Waals surface area contributed by atoms with Crippen molar-refractivity contribution in [3.8, 4) is 5.88 Å². The van der Waals surface area contributed by atoms with Crippen molar-refractivity contribution in [2.24, 2.45) is 5.73 Å². The Labute approximate surface area is 150 Å². The number of carbonyl (C=O) groups excluding carboxylic acids is 1. The zero-order valence-corrected chi connectivity index (χ0v) is 14.7. The number of primary amides is 1. The maximum absolute atomic E-state index is 13.3. The summed E-state index contributed by atoms with van der Waals surface area (Å²) < 4.78 is 45.5. The molecule has 2 N–H and O–H groups in total. The van der Waals surface area contributed by atoms with Gasteiger partial charge in [0.05, 0.1) is 10.5 Å². The minimum absolute atomic E-state index is 0.0550. The van der Waals surface area contributed by atoms with E-state index in [0.717, 1.165) is 6.07 Å². The average Bonchev–Trinajstić information content (AvgIpc) is 2.62. The fraction of sp³-hybridized carbons (Fsp3) is 0.294. The van der Waals surface area contributed by atoms with E-state index in [-0.39, 0.29) is 29.7 Å². The van der Waals surface area contributed by atoms with Crippen LogP contribution in [0.25, 0.3) is 0 Å². The van der Waals surface area contributed by atoms with E-state index in [2.05, 4.69) is 4.98 Å². The van der Waals surface area contributed by atoms with E-state index in [1.54, 1.807) is 6.07 Å². The van der Waals surface area contributed by atoms with E-state index < -0.39 is 21.7 Å². The molecule has 0 radical (unpaired) electrons. The Morgan fingerprint density at radius 3 is 2.54 bits per heavy atom. The van der Waals surface area contributed by atoms with Crippen molar-refractivity contribution in [2.45, 2.75) is 23.8 Å². The summed E-state index contributed by atoms with van der Waals surface area (Å²) in [6.07, 6.45) is 2.10. The van der Waals surface area contributed by atoms with E-state index in [1.165, 1.54) is 34.8 Å². The van der Waals surface area contributed by atoms with Gasteiger partial charge >= 0.3 is 0 Å². The second-order valence-electron chi connectivity index (χ2n) is 5.93. The zero-order chi connectivity index (χ0) is 18.7. The van der Waals surface area contributed by atoms with E-state index in [1.807, 2.05) is 0 Å².